The molecule has 0 aromatic heterocycles. The van der Waals surface area contributed by atoms with Crippen LogP contribution in [0.3, 0.4) is 0 Å². The van der Waals surface area contributed by atoms with Crippen molar-refractivity contribution in [3.8, 4) is 5.75 Å². The molecule has 0 saturated heterocycles. The van der Waals surface area contributed by atoms with E-state index in [-0.39, 0.29) is 0 Å². The minimum atomic E-state index is 0.443. The Hall–Kier alpha value is -1.02. The maximum Gasteiger partial charge on any atom is 0.122 e. The fourth-order valence-corrected chi connectivity index (χ4v) is 3.55. The number of nitrogens with two attached hydrogens (primary N) is 1. The minimum absolute atomic E-state index is 0.443. The van der Waals surface area contributed by atoms with Crippen molar-refractivity contribution in [2.24, 2.45) is 17.6 Å². The fourth-order valence-electron chi connectivity index (χ4n) is 3.55. The molecule has 2 rings (SSSR count). The van der Waals surface area contributed by atoms with Gasteiger partial charge < -0.3 is 10.5 Å². The van der Waals surface area contributed by atoms with E-state index in [2.05, 4.69) is 25.1 Å². The van der Waals surface area contributed by atoms with Crippen molar-refractivity contribution in [1.82, 2.24) is 0 Å². The van der Waals surface area contributed by atoms with Crippen LogP contribution in [0.2, 0.25) is 0 Å². The second kappa shape index (κ2) is 6.95. The van der Waals surface area contributed by atoms with Gasteiger partial charge in [-0.2, -0.15) is 0 Å². The lowest BCUT2D eigenvalue weighted by molar-refractivity contribution is 0.215. The summed E-state index contributed by atoms with van der Waals surface area (Å²) >= 11 is 0. The zero-order valence-corrected chi connectivity index (χ0v) is 12.3. The molecular weight excluding hydrogens is 234 g/mol. The average Bonchev–Trinajstić information content (AvgIpc) is 2.44. The Balaban J connectivity index is 2.25. The highest BCUT2D eigenvalue weighted by atomic mass is 16.5. The highest BCUT2D eigenvalue weighted by Crippen LogP contribution is 2.41. The van der Waals surface area contributed by atoms with Gasteiger partial charge in [0.15, 0.2) is 0 Å². The lowest BCUT2D eigenvalue weighted by Gasteiger charge is -2.35. The van der Waals surface area contributed by atoms with E-state index in [4.69, 9.17) is 10.5 Å². The van der Waals surface area contributed by atoms with Crippen LogP contribution in [0.25, 0.3) is 0 Å². The molecule has 0 spiro atoms. The Kier molecular flexibility index (Phi) is 5.26. The smallest absolute Gasteiger partial charge is 0.122 e. The van der Waals surface area contributed by atoms with Crippen LogP contribution >= 0.6 is 0 Å². The lowest BCUT2D eigenvalue weighted by atomic mass is 9.71. The molecule has 1 aliphatic rings. The number of rotatable bonds is 5. The van der Waals surface area contributed by atoms with Crippen molar-refractivity contribution < 1.29 is 4.74 Å². The summed E-state index contributed by atoms with van der Waals surface area (Å²) in [7, 11) is 0. The van der Waals surface area contributed by atoms with Gasteiger partial charge >= 0.3 is 0 Å². The molecule has 1 saturated carbocycles. The highest BCUT2D eigenvalue weighted by Gasteiger charge is 2.30. The van der Waals surface area contributed by atoms with Crippen LogP contribution in [0, 0.1) is 11.8 Å². The molecule has 2 N–H and O–H groups in total. The molecular formula is C17H27NO. The fraction of sp³-hybridized carbons (Fsp3) is 0.647. The number of benzene rings is 1. The van der Waals surface area contributed by atoms with Gasteiger partial charge in [0.1, 0.15) is 5.75 Å². The minimum Gasteiger partial charge on any atom is -0.494 e. The average molecular weight is 261 g/mol. The third-order valence-corrected chi connectivity index (χ3v) is 4.57. The second-order valence-corrected chi connectivity index (χ2v) is 5.74. The SMILES string of the molecule is CCOc1ccccc1C(CN)C1CCCCC1C. The van der Waals surface area contributed by atoms with E-state index in [0.717, 1.165) is 18.2 Å². The second-order valence-electron chi connectivity index (χ2n) is 5.74. The van der Waals surface area contributed by atoms with Gasteiger partial charge in [-0.15, -0.1) is 0 Å². The van der Waals surface area contributed by atoms with Gasteiger partial charge in [0.25, 0.3) is 0 Å². The Labute approximate surface area is 117 Å². The monoisotopic (exact) mass is 261 g/mol. The molecule has 0 radical (unpaired) electrons. The highest BCUT2D eigenvalue weighted by molar-refractivity contribution is 5.37. The van der Waals surface area contributed by atoms with Gasteiger partial charge in [0, 0.05) is 5.92 Å². The largest absolute Gasteiger partial charge is 0.494 e. The molecule has 1 aromatic rings. The first-order chi connectivity index (χ1) is 9.27. The van der Waals surface area contributed by atoms with Gasteiger partial charge in [-0.05, 0) is 43.4 Å². The summed E-state index contributed by atoms with van der Waals surface area (Å²) in [5.74, 6) is 2.95. The predicted octanol–water partition coefficient (Wildman–Crippen LogP) is 3.95. The maximum absolute atomic E-state index is 6.11. The maximum atomic E-state index is 6.11. The van der Waals surface area contributed by atoms with Crippen LogP contribution in [-0.4, -0.2) is 13.2 Å². The normalized spacial score (nSPS) is 25.0. The summed E-state index contributed by atoms with van der Waals surface area (Å²) in [6, 6.07) is 8.43. The van der Waals surface area contributed by atoms with Gasteiger partial charge in [0.05, 0.1) is 6.61 Å². The number of hydrogen-bond acceptors (Lipinski definition) is 2. The number of hydrogen-bond donors (Lipinski definition) is 1. The quantitative estimate of drug-likeness (QED) is 0.871. The standard InChI is InChI=1S/C17H27NO/c1-3-19-17-11-7-6-10-15(17)16(12-18)14-9-5-4-8-13(14)2/h6-7,10-11,13-14,16H,3-5,8-9,12,18H2,1-2H3. The molecule has 0 bridgehead atoms. The van der Waals surface area contributed by atoms with E-state index in [9.17, 15) is 0 Å². The van der Waals surface area contributed by atoms with E-state index in [1.807, 2.05) is 13.0 Å². The molecule has 3 atom stereocenters. The zero-order valence-electron chi connectivity index (χ0n) is 12.3. The van der Waals surface area contributed by atoms with E-state index in [1.165, 1.54) is 31.2 Å². The van der Waals surface area contributed by atoms with Crippen LogP contribution < -0.4 is 10.5 Å². The van der Waals surface area contributed by atoms with E-state index in [0.29, 0.717) is 18.4 Å². The summed E-state index contributed by atoms with van der Waals surface area (Å²) < 4.78 is 5.79. The van der Waals surface area contributed by atoms with Gasteiger partial charge in [-0.25, -0.2) is 0 Å². The van der Waals surface area contributed by atoms with Crippen molar-refractivity contribution in [1.29, 1.82) is 0 Å². The Bertz CT molecular complexity index is 391. The summed E-state index contributed by atoms with van der Waals surface area (Å²) in [6.07, 6.45) is 5.38. The van der Waals surface area contributed by atoms with Crippen LogP contribution in [0.1, 0.15) is 51.0 Å². The predicted molar refractivity (Wildman–Crippen MR) is 80.5 cm³/mol. The van der Waals surface area contributed by atoms with Gasteiger partial charge in [-0.1, -0.05) is 44.4 Å². The van der Waals surface area contributed by atoms with Crippen LogP contribution in [0.5, 0.6) is 5.75 Å². The first-order valence-electron chi connectivity index (χ1n) is 7.69. The molecule has 3 unspecified atom stereocenters. The molecule has 0 heterocycles. The molecule has 19 heavy (non-hydrogen) atoms. The van der Waals surface area contributed by atoms with E-state index in [1.54, 1.807) is 0 Å². The first kappa shape index (κ1) is 14.4. The third kappa shape index (κ3) is 3.30. The number of para-hydroxylation sites is 1. The third-order valence-electron chi connectivity index (χ3n) is 4.57. The summed E-state index contributed by atoms with van der Waals surface area (Å²) in [6.45, 7) is 5.86. The van der Waals surface area contributed by atoms with Crippen molar-refractivity contribution >= 4 is 0 Å². The Morgan fingerprint density at radius 3 is 2.68 bits per heavy atom. The van der Waals surface area contributed by atoms with Crippen LogP contribution in [-0.2, 0) is 0 Å². The summed E-state index contributed by atoms with van der Waals surface area (Å²) in [5.41, 5.74) is 7.42. The summed E-state index contributed by atoms with van der Waals surface area (Å²) in [4.78, 5) is 0. The summed E-state index contributed by atoms with van der Waals surface area (Å²) in [5, 5.41) is 0. The molecule has 0 aliphatic heterocycles. The van der Waals surface area contributed by atoms with Crippen molar-refractivity contribution in [3.63, 3.8) is 0 Å². The lowest BCUT2D eigenvalue weighted by Crippen LogP contribution is -2.29. The molecule has 106 valence electrons. The van der Waals surface area contributed by atoms with Gasteiger partial charge in [-0.3, -0.25) is 0 Å². The van der Waals surface area contributed by atoms with Gasteiger partial charge in [0.2, 0.25) is 0 Å². The zero-order chi connectivity index (χ0) is 13.7. The van der Waals surface area contributed by atoms with Crippen molar-refractivity contribution in [2.75, 3.05) is 13.2 Å². The molecule has 0 amide bonds. The first-order valence-corrected chi connectivity index (χ1v) is 7.69. The topological polar surface area (TPSA) is 35.2 Å². The Morgan fingerprint density at radius 2 is 2.00 bits per heavy atom. The van der Waals surface area contributed by atoms with Crippen molar-refractivity contribution in [2.45, 2.75) is 45.4 Å². The molecule has 2 heteroatoms. The van der Waals surface area contributed by atoms with Crippen LogP contribution in [0.4, 0.5) is 0 Å². The van der Waals surface area contributed by atoms with Crippen LogP contribution in [0.15, 0.2) is 24.3 Å². The molecule has 2 nitrogen and oxygen atoms in total. The molecule has 1 aromatic carbocycles. The molecule has 1 aliphatic carbocycles. The Morgan fingerprint density at radius 1 is 1.26 bits per heavy atom. The number of ether oxygens (including phenoxy) is 1. The van der Waals surface area contributed by atoms with E-state index < -0.39 is 0 Å². The molecule has 1 fully saturated rings. The van der Waals surface area contributed by atoms with E-state index >= 15 is 0 Å². The van der Waals surface area contributed by atoms with Crippen molar-refractivity contribution in [3.05, 3.63) is 29.8 Å².